The van der Waals surface area contributed by atoms with E-state index in [4.69, 9.17) is 4.42 Å². The molecule has 2 aromatic rings. The fourth-order valence-electron chi connectivity index (χ4n) is 3.46. The molecule has 174 valence electrons. The van der Waals surface area contributed by atoms with Crippen molar-refractivity contribution in [3.8, 4) is 11.5 Å². The second-order valence-electron chi connectivity index (χ2n) is 6.94. The number of benzene rings is 1. The molecule has 1 aliphatic carbocycles. The molecule has 0 saturated heterocycles. The number of carbonyl (C=O) groups is 1. The summed E-state index contributed by atoms with van der Waals surface area (Å²) in [7, 11) is 0. The molecule has 31 heavy (non-hydrogen) atoms. The first kappa shape index (κ1) is 27.1. The maximum atomic E-state index is 12.9. The molecule has 0 radical (unpaired) electrons. The Hall–Kier alpha value is -1.94. The fraction of sp³-hybridized carbons (Fsp3) is 0.429. The van der Waals surface area contributed by atoms with Crippen molar-refractivity contribution in [2.45, 2.75) is 44.4 Å². The summed E-state index contributed by atoms with van der Waals surface area (Å²) < 4.78 is 42.6. The molecule has 1 aromatic heterocycles. The molecule has 10 heteroatoms. The van der Waals surface area contributed by atoms with E-state index in [1.807, 2.05) is 4.90 Å². The van der Waals surface area contributed by atoms with Gasteiger partial charge in [0.05, 0.1) is 0 Å². The number of hydrogen-bond donors (Lipinski definition) is 0. The summed E-state index contributed by atoms with van der Waals surface area (Å²) in [6, 6.07) is 6.79. The molecule has 3 rings (SSSR count). The largest absolute Gasteiger partial charge is 0.470 e. The van der Waals surface area contributed by atoms with Crippen molar-refractivity contribution in [3.63, 3.8) is 0 Å². The summed E-state index contributed by atoms with van der Waals surface area (Å²) >= 11 is 0. The Labute approximate surface area is 194 Å². The molecule has 0 bridgehead atoms. The molecule has 0 unspecified atom stereocenters. The smallest absolute Gasteiger partial charge is 0.413 e. The van der Waals surface area contributed by atoms with Crippen LogP contribution in [-0.4, -0.2) is 45.2 Å². The van der Waals surface area contributed by atoms with Gasteiger partial charge in [0, 0.05) is 37.9 Å². The Morgan fingerprint density at radius 1 is 1.10 bits per heavy atom. The topological polar surface area (TPSA) is 62.5 Å². The predicted molar refractivity (Wildman–Crippen MR) is 107 cm³/mol. The van der Waals surface area contributed by atoms with Crippen LogP contribution in [0.25, 0.3) is 11.5 Å². The monoisotopic (exact) mass is 615 g/mol. The van der Waals surface area contributed by atoms with E-state index in [-0.39, 0.29) is 45.2 Å². The van der Waals surface area contributed by atoms with E-state index in [1.165, 1.54) is 0 Å². The van der Waals surface area contributed by atoms with E-state index in [0.29, 0.717) is 25.2 Å². The summed E-state index contributed by atoms with van der Waals surface area (Å²) in [5.74, 6) is -1.58. The molecule has 0 atom stereocenters. The average Bonchev–Trinajstić information content (AvgIpc) is 3.39. The first-order chi connectivity index (χ1) is 13.8. The van der Waals surface area contributed by atoms with Crippen LogP contribution in [0.4, 0.5) is 18.0 Å². The third-order valence-electron chi connectivity index (χ3n) is 5.04. The van der Waals surface area contributed by atoms with Gasteiger partial charge in [-0.15, -0.1) is 23.3 Å². The molecular weight excluding hydrogens is 587 g/mol. The first-order valence-electron chi connectivity index (χ1n) is 9.47. The van der Waals surface area contributed by atoms with Gasteiger partial charge in [-0.2, -0.15) is 13.2 Å². The Bertz CT molecular complexity index is 817. The Kier molecular flexibility index (Phi) is 10.1. The number of amides is 2. The van der Waals surface area contributed by atoms with Crippen LogP contribution < -0.4 is 0 Å². The number of rotatable bonds is 6. The third kappa shape index (κ3) is 6.52. The van der Waals surface area contributed by atoms with Gasteiger partial charge in [-0.1, -0.05) is 25.0 Å². The van der Waals surface area contributed by atoms with Crippen molar-refractivity contribution < 1.29 is 42.2 Å². The second kappa shape index (κ2) is 11.6. The van der Waals surface area contributed by atoms with Crippen LogP contribution in [0, 0.1) is 21.3 Å². The Balaban J connectivity index is 0.00000240. The maximum Gasteiger partial charge on any atom is 0.470 e. The quantitative estimate of drug-likeness (QED) is 0.429. The van der Waals surface area contributed by atoms with Gasteiger partial charge in [0.2, 0.25) is 5.89 Å². The van der Waals surface area contributed by atoms with Gasteiger partial charge in [0.15, 0.2) is 0 Å². The van der Waals surface area contributed by atoms with Crippen LogP contribution in [0.5, 0.6) is 0 Å². The number of urea groups is 1. The van der Waals surface area contributed by atoms with Gasteiger partial charge in [-0.3, -0.25) is 0 Å². The van der Waals surface area contributed by atoms with E-state index in [2.05, 4.69) is 24.0 Å². The van der Waals surface area contributed by atoms with Crippen LogP contribution in [0.2, 0.25) is 0 Å². The zero-order chi connectivity index (χ0) is 21.0. The molecule has 1 aromatic carbocycles. The number of alkyl halides is 3. The number of halogens is 3. The predicted octanol–water partition coefficient (Wildman–Crippen LogP) is 5.04. The standard InChI is InChI=1S/C20H23F3N4O2.CH3.Os/c1-3-26(4-2)19(28)27(16-7-5-6-8-16)13-14-9-11-15(12-10-14)17-24-25-18(29-17)20(21,22)23;;/h9-12,16H,1-8,13H2;1H3;/q-2;-1;. The van der Waals surface area contributed by atoms with Crippen molar-refractivity contribution in [2.24, 2.45) is 0 Å². The van der Waals surface area contributed by atoms with Crippen LogP contribution in [-0.2, 0) is 32.5 Å². The zero-order valence-corrected chi connectivity index (χ0v) is 19.9. The summed E-state index contributed by atoms with van der Waals surface area (Å²) in [5.41, 5.74) is 1.24. The summed E-state index contributed by atoms with van der Waals surface area (Å²) in [6.45, 7) is 8.66. The molecule has 0 aliphatic heterocycles. The number of carbonyl (C=O) groups excluding carboxylic acids is 1. The van der Waals surface area contributed by atoms with Crippen molar-refractivity contribution in [2.75, 3.05) is 13.1 Å². The van der Waals surface area contributed by atoms with Crippen LogP contribution in [0.3, 0.4) is 0 Å². The maximum absolute atomic E-state index is 12.9. The minimum Gasteiger partial charge on any atom is -0.413 e. The van der Waals surface area contributed by atoms with E-state index in [9.17, 15) is 18.0 Å². The SMILES string of the molecule is [CH2-]CN(C[CH2-])C(=O)N(Cc1ccc(-c2nnc(C(F)(F)F)o2)cc1)C1CCCC1.[CH3-].[Os]. The Morgan fingerprint density at radius 3 is 2.16 bits per heavy atom. The minimum absolute atomic E-state index is 0. The van der Waals surface area contributed by atoms with Gasteiger partial charge in [0.25, 0.3) is 0 Å². The summed E-state index contributed by atoms with van der Waals surface area (Å²) in [6.07, 6.45) is -0.606. The van der Waals surface area contributed by atoms with E-state index >= 15 is 0 Å². The Morgan fingerprint density at radius 2 is 1.68 bits per heavy atom. The number of hydrogen-bond acceptors (Lipinski definition) is 4. The molecule has 1 heterocycles. The molecular formula is C21H26F3N4O2Os-3. The first-order valence-corrected chi connectivity index (χ1v) is 9.47. The molecule has 1 fully saturated rings. The summed E-state index contributed by atoms with van der Waals surface area (Å²) in [5, 5.41) is 6.49. The zero-order valence-electron chi connectivity index (χ0n) is 17.3. The van der Waals surface area contributed by atoms with Crippen molar-refractivity contribution in [1.82, 2.24) is 20.0 Å². The molecule has 0 N–H and O–H groups in total. The second-order valence-corrected chi connectivity index (χ2v) is 6.94. The number of aromatic nitrogens is 2. The van der Waals surface area contributed by atoms with E-state index in [1.54, 1.807) is 29.2 Å². The van der Waals surface area contributed by atoms with Crippen LogP contribution >= 0.6 is 0 Å². The van der Waals surface area contributed by atoms with Gasteiger partial charge in [-0.05, 0) is 30.5 Å². The van der Waals surface area contributed by atoms with Gasteiger partial charge < -0.3 is 35.5 Å². The van der Waals surface area contributed by atoms with Crippen molar-refractivity contribution >= 4 is 6.03 Å². The van der Waals surface area contributed by atoms with Crippen molar-refractivity contribution in [3.05, 3.63) is 57.0 Å². The molecule has 1 saturated carbocycles. The van der Waals surface area contributed by atoms with Gasteiger partial charge in [0.1, 0.15) is 0 Å². The van der Waals surface area contributed by atoms with E-state index in [0.717, 1.165) is 31.2 Å². The third-order valence-corrected chi connectivity index (χ3v) is 5.04. The molecule has 1 aliphatic rings. The minimum atomic E-state index is -4.68. The summed E-state index contributed by atoms with van der Waals surface area (Å²) in [4.78, 5) is 16.3. The molecule has 6 nitrogen and oxygen atoms in total. The van der Waals surface area contributed by atoms with Crippen LogP contribution in [0.15, 0.2) is 28.7 Å². The van der Waals surface area contributed by atoms with Gasteiger partial charge >= 0.3 is 18.1 Å². The van der Waals surface area contributed by atoms with E-state index < -0.39 is 12.1 Å². The molecule has 0 spiro atoms. The van der Waals surface area contributed by atoms with Crippen LogP contribution in [0.1, 0.15) is 37.1 Å². The normalized spacial score (nSPS) is 14.0. The molecule has 2 amide bonds. The van der Waals surface area contributed by atoms with Gasteiger partial charge in [-0.25, -0.2) is 4.79 Å². The van der Waals surface area contributed by atoms with Crippen molar-refractivity contribution in [1.29, 1.82) is 0 Å². The number of nitrogens with zero attached hydrogens (tertiary/aromatic N) is 4. The fourth-order valence-corrected chi connectivity index (χ4v) is 3.46. The average molecular weight is 614 g/mol.